The van der Waals surface area contributed by atoms with E-state index in [0.717, 1.165) is 17.0 Å². The molecular weight excluding hydrogens is 284 g/mol. The van der Waals surface area contributed by atoms with E-state index < -0.39 is 0 Å². The number of nitrogens with zero attached hydrogens (tertiary/aromatic N) is 2. The Morgan fingerprint density at radius 3 is 2.64 bits per heavy atom. The number of aromatic nitrogens is 2. The van der Waals surface area contributed by atoms with Crippen LogP contribution >= 0.6 is 0 Å². The van der Waals surface area contributed by atoms with Gasteiger partial charge in [-0.05, 0) is 26.0 Å². The molecule has 0 unspecified atom stereocenters. The van der Waals surface area contributed by atoms with Crippen LogP contribution in [-0.2, 0) is 29.6 Å². The summed E-state index contributed by atoms with van der Waals surface area (Å²) in [6.45, 7) is 4.03. The third-order valence-electron chi connectivity index (χ3n) is 3.48. The van der Waals surface area contributed by atoms with E-state index in [1.54, 1.807) is 23.1 Å². The number of carbonyl (C=O) groups excluding carboxylic acids is 2. The molecule has 0 radical (unpaired) electrons. The molecule has 0 aromatic carbocycles. The zero-order valence-corrected chi connectivity index (χ0v) is 13.0. The number of nitrogens with one attached hydrogen (secondary N) is 2. The summed E-state index contributed by atoms with van der Waals surface area (Å²) in [5.74, 6) is 0.206. The van der Waals surface area contributed by atoms with Crippen LogP contribution in [0.15, 0.2) is 22.8 Å². The minimum atomic E-state index is -0.260. The molecule has 0 saturated heterocycles. The third kappa shape index (κ3) is 3.97. The molecular formula is C15H20N4O3. The molecule has 0 fully saturated rings. The van der Waals surface area contributed by atoms with Crippen LogP contribution in [0.1, 0.15) is 22.7 Å². The van der Waals surface area contributed by atoms with E-state index in [1.165, 1.54) is 0 Å². The Labute approximate surface area is 128 Å². The average Bonchev–Trinajstić information content (AvgIpc) is 3.07. The van der Waals surface area contributed by atoms with Crippen molar-refractivity contribution in [1.82, 2.24) is 20.4 Å². The van der Waals surface area contributed by atoms with E-state index in [9.17, 15) is 9.59 Å². The minimum absolute atomic E-state index is 0.0576. The lowest BCUT2D eigenvalue weighted by molar-refractivity contribution is -0.125. The molecule has 0 saturated carbocycles. The standard InChI is InChI=1S/C15H20N4O3/c1-10-13(11(2)19(3)18-10)7-14(20)17-9-15(21)16-8-12-5-4-6-22-12/h4-6H,7-9H2,1-3H3,(H,16,21)(H,17,20). The number of hydrogen-bond acceptors (Lipinski definition) is 4. The molecule has 0 bridgehead atoms. The smallest absolute Gasteiger partial charge is 0.239 e. The highest BCUT2D eigenvalue weighted by Gasteiger charge is 2.14. The molecule has 0 aliphatic carbocycles. The Bertz CT molecular complexity index is 659. The third-order valence-corrected chi connectivity index (χ3v) is 3.48. The Morgan fingerprint density at radius 1 is 1.27 bits per heavy atom. The number of carbonyl (C=O) groups is 2. The van der Waals surface area contributed by atoms with Gasteiger partial charge in [0.2, 0.25) is 11.8 Å². The minimum Gasteiger partial charge on any atom is -0.467 e. The van der Waals surface area contributed by atoms with E-state index in [1.807, 2.05) is 20.9 Å². The first-order valence-corrected chi connectivity index (χ1v) is 7.02. The summed E-state index contributed by atoms with van der Waals surface area (Å²) in [6.07, 6.45) is 1.76. The Kier molecular flexibility index (Phi) is 4.98. The predicted octanol–water partition coefficient (Wildman–Crippen LogP) is 0.605. The summed E-state index contributed by atoms with van der Waals surface area (Å²) in [6, 6.07) is 3.52. The first kappa shape index (κ1) is 15.8. The van der Waals surface area contributed by atoms with Gasteiger partial charge in [-0.25, -0.2) is 0 Å². The normalized spacial score (nSPS) is 10.5. The van der Waals surface area contributed by atoms with Crippen molar-refractivity contribution in [3.05, 3.63) is 41.1 Å². The fourth-order valence-corrected chi connectivity index (χ4v) is 2.14. The van der Waals surface area contributed by atoms with Crippen LogP contribution < -0.4 is 10.6 Å². The maximum Gasteiger partial charge on any atom is 0.239 e. The first-order valence-electron chi connectivity index (χ1n) is 7.02. The molecule has 2 N–H and O–H groups in total. The molecule has 0 atom stereocenters. The zero-order chi connectivity index (χ0) is 16.1. The zero-order valence-electron chi connectivity index (χ0n) is 13.0. The topological polar surface area (TPSA) is 89.2 Å². The highest BCUT2D eigenvalue weighted by molar-refractivity contribution is 5.85. The largest absolute Gasteiger partial charge is 0.467 e. The van der Waals surface area contributed by atoms with Gasteiger partial charge in [0, 0.05) is 18.3 Å². The Hall–Kier alpha value is -2.57. The Balaban J connectivity index is 1.76. The van der Waals surface area contributed by atoms with E-state index in [-0.39, 0.29) is 24.8 Å². The summed E-state index contributed by atoms with van der Waals surface area (Å²) in [5, 5.41) is 9.54. The van der Waals surface area contributed by atoms with Gasteiger partial charge in [0.05, 0.1) is 31.5 Å². The Morgan fingerprint density at radius 2 is 2.05 bits per heavy atom. The van der Waals surface area contributed by atoms with Crippen molar-refractivity contribution >= 4 is 11.8 Å². The van der Waals surface area contributed by atoms with E-state index in [0.29, 0.717) is 12.3 Å². The van der Waals surface area contributed by atoms with Crippen molar-refractivity contribution in [2.75, 3.05) is 6.54 Å². The summed E-state index contributed by atoms with van der Waals surface area (Å²) >= 11 is 0. The van der Waals surface area contributed by atoms with Crippen LogP contribution in [0.25, 0.3) is 0 Å². The summed E-state index contributed by atoms with van der Waals surface area (Å²) in [5.41, 5.74) is 2.68. The average molecular weight is 304 g/mol. The predicted molar refractivity (Wildman–Crippen MR) is 80.0 cm³/mol. The number of aryl methyl sites for hydroxylation is 2. The molecule has 22 heavy (non-hydrogen) atoms. The van der Waals surface area contributed by atoms with Gasteiger partial charge >= 0.3 is 0 Å². The van der Waals surface area contributed by atoms with Gasteiger partial charge in [-0.1, -0.05) is 0 Å². The van der Waals surface area contributed by atoms with Crippen LogP contribution in [0.3, 0.4) is 0 Å². The monoisotopic (exact) mass is 304 g/mol. The molecule has 2 aromatic heterocycles. The summed E-state index contributed by atoms with van der Waals surface area (Å²) in [4.78, 5) is 23.6. The molecule has 0 aliphatic rings. The van der Waals surface area contributed by atoms with Crippen molar-refractivity contribution in [3.63, 3.8) is 0 Å². The molecule has 0 spiro atoms. The van der Waals surface area contributed by atoms with Crippen molar-refractivity contribution in [2.24, 2.45) is 7.05 Å². The van der Waals surface area contributed by atoms with Gasteiger partial charge in [0.1, 0.15) is 5.76 Å². The van der Waals surface area contributed by atoms with Crippen molar-refractivity contribution in [1.29, 1.82) is 0 Å². The first-order chi connectivity index (χ1) is 10.5. The lowest BCUT2D eigenvalue weighted by Crippen LogP contribution is -2.37. The second-order valence-corrected chi connectivity index (χ2v) is 5.08. The van der Waals surface area contributed by atoms with Crippen molar-refractivity contribution in [2.45, 2.75) is 26.8 Å². The maximum atomic E-state index is 11.9. The van der Waals surface area contributed by atoms with Gasteiger partial charge in [-0.2, -0.15) is 5.10 Å². The van der Waals surface area contributed by atoms with Crippen molar-refractivity contribution in [3.8, 4) is 0 Å². The highest BCUT2D eigenvalue weighted by atomic mass is 16.3. The van der Waals surface area contributed by atoms with Crippen LogP contribution in [0.5, 0.6) is 0 Å². The van der Waals surface area contributed by atoms with E-state index >= 15 is 0 Å². The highest BCUT2D eigenvalue weighted by Crippen LogP contribution is 2.12. The second-order valence-electron chi connectivity index (χ2n) is 5.08. The molecule has 2 rings (SSSR count). The van der Waals surface area contributed by atoms with Gasteiger partial charge in [0.15, 0.2) is 0 Å². The molecule has 0 aliphatic heterocycles. The van der Waals surface area contributed by atoms with Crippen LogP contribution in [0.4, 0.5) is 0 Å². The van der Waals surface area contributed by atoms with Crippen LogP contribution in [-0.4, -0.2) is 28.1 Å². The van der Waals surface area contributed by atoms with Crippen molar-refractivity contribution < 1.29 is 14.0 Å². The molecule has 2 amide bonds. The van der Waals surface area contributed by atoms with Crippen LogP contribution in [0, 0.1) is 13.8 Å². The van der Waals surface area contributed by atoms with Crippen LogP contribution in [0.2, 0.25) is 0 Å². The number of amides is 2. The SMILES string of the molecule is Cc1nn(C)c(C)c1CC(=O)NCC(=O)NCc1ccco1. The van der Waals surface area contributed by atoms with Gasteiger partial charge in [-0.15, -0.1) is 0 Å². The maximum absolute atomic E-state index is 11.9. The van der Waals surface area contributed by atoms with E-state index in [2.05, 4.69) is 15.7 Å². The molecule has 2 heterocycles. The quantitative estimate of drug-likeness (QED) is 0.818. The second kappa shape index (κ2) is 6.93. The molecule has 7 heteroatoms. The molecule has 118 valence electrons. The molecule has 7 nitrogen and oxygen atoms in total. The number of hydrogen-bond donors (Lipinski definition) is 2. The lowest BCUT2D eigenvalue weighted by atomic mass is 10.1. The number of rotatable bonds is 6. The van der Waals surface area contributed by atoms with Gasteiger partial charge in [0.25, 0.3) is 0 Å². The summed E-state index contributed by atoms with van der Waals surface area (Å²) < 4.78 is 6.85. The fraction of sp³-hybridized carbons (Fsp3) is 0.400. The fourth-order valence-electron chi connectivity index (χ4n) is 2.14. The summed E-state index contributed by atoms with van der Waals surface area (Å²) in [7, 11) is 1.84. The molecule has 2 aromatic rings. The van der Waals surface area contributed by atoms with E-state index in [4.69, 9.17) is 4.42 Å². The van der Waals surface area contributed by atoms with Gasteiger partial charge in [-0.3, -0.25) is 14.3 Å². The number of furan rings is 1. The van der Waals surface area contributed by atoms with Gasteiger partial charge < -0.3 is 15.1 Å². The lowest BCUT2D eigenvalue weighted by Gasteiger charge is -2.06.